The summed E-state index contributed by atoms with van der Waals surface area (Å²) in [7, 11) is 1.68. The van der Waals surface area contributed by atoms with Gasteiger partial charge in [-0.3, -0.25) is 9.79 Å². The van der Waals surface area contributed by atoms with E-state index in [9.17, 15) is 9.18 Å². The lowest BCUT2D eigenvalue weighted by Crippen LogP contribution is -2.41. The van der Waals surface area contributed by atoms with Crippen molar-refractivity contribution in [3.05, 3.63) is 59.9 Å². The predicted octanol–water partition coefficient (Wildman–Crippen LogP) is 2.92. The van der Waals surface area contributed by atoms with Crippen LogP contribution in [0.1, 0.15) is 19.4 Å². The molecule has 27 heavy (non-hydrogen) atoms. The Hall–Kier alpha value is -3.09. The Morgan fingerprint density at radius 1 is 1.19 bits per heavy atom. The van der Waals surface area contributed by atoms with Crippen LogP contribution >= 0.6 is 0 Å². The van der Waals surface area contributed by atoms with E-state index >= 15 is 0 Å². The molecule has 1 unspecified atom stereocenters. The minimum absolute atomic E-state index is 0.107. The Morgan fingerprint density at radius 2 is 1.96 bits per heavy atom. The fourth-order valence-corrected chi connectivity index (χ4v) is 2.42. The summed E-state index contributed by atoms with van der Waals surface area (Å²) in [6, 6.07) is 13.6. The van der Waals surface area contributed by atoms with Gasteiger partial charge in [-0.15, -0.1) is 0 Å². The van der Waals surface area contributed by atoms with Crippen LogP contribution in [0.5, 0.6) is 5.75 Å². The van der Waals surface area contributed by atoms with Gasteiger partial charge in [-0.1, -0.05) is 18.2 Å². The zero-order valence-corrected chi connectivity index (χ0v) is 15.8. The highest BCUT2D eigenvalue weighted by Crippen LogP contribution is 2.13. The maximum Gasteiger partial charge on any atom is 0.221 e. The fraction of sp³-hybridized carbons (Fsp3) is 0.300. The first kappa shape index (κ1) is 20.2. The van der Waals surface area contributed by atoms with Crippen LogP contribution in [0.4, 0.5) is 10.1 Å². The normalized spacial score (nSPS) is 12.2. The molecule has 0 aliphatic carbocycles. The highest BCUT2D eigenvalue weighted by Gasteiger charge is 2.07. The van der Waals surface area contributed by atoms with Crippen molar-refractivity contribution in [1.29, 1.82) is 0 Å². The van der Waals surface area contributed by atoms with Crippen LogP contribution in [0.3, 0.4) is 0 Å². The second-order valence-electron chi connectivity index (χ2n) is 6.07. The summed E-state index contributed by atoms with van der Waals surface area (Å²) in [6.07, 6.45) is -0.173. The van der Waals surface area contributed by atoms with Gasteiger partial charge >= 0.3 is 0 Å². The van der Waals surface area contributed by atoms with Crippen LogP contribution in [0.2, 0.25) is 0 Å². The third-order valence-corrected chi connectivity index (χ3v) is 3.62. The monoisotopic (exact) mass is 372 g/mol. The molecule has 1 amide bonds. The maximum absolute atomic E-state index is 13.2. The average molecular weight is 372 g/mol. The Labute approximate surface area is 158 Å². The molecule has 2 rings (SSSR count). The van der Waals surface area contributed by atoms with Gasteiger partial charge in [0.15, 0.2) is 5.96 Å². The van der Waals surface area contributed by atoms with Crippen LogP contribution in [0.15, 0.2) is 53.5 Å². The Balaban J connectivity index is 1.81. The van der Waals surface area contributed by atoms with E-state index in [1.807, 2.05) is 31.2 Å². The van der Waals surface area contributed by atoms with Crippen molar-refractivity contribution in [3.8, 4) is 5.75 Å². The summed E-state index contributed by atoms with van der Waals surface area (Å²) >= 11 is 0. The fourth-order valence-electron chi connectivity index (χ4n) is 2.42. The molecule has 0 saturated carbocycles. The number of nitrogens with zero attached hydrogens (tertiary/aromatic N) is 1. The number of benzene rings is 2. The van der Waals surface area contributed by atoms with Crippen LogP contribution < -0.4 is 20.7 Å². The third-order valence-electron chi connectivity index (χ3n) is 3.62. The van der Waals surface area contributed by atoms with Gasteiger partial charge in [-0.05, 0) is 36.8 Å². The number of ether oxygens (including phenoxy) is 1. The summed E-state index contributed by atoms with van der Waals surface area (Å²) in [5.41, 5.74) is 1.76. The molecule has 0 aliphatic heterocycles. The molecule has 0 aromatic heterocycles. The molecule has 0 bridgehead atoms. The zero-order chi connectivity index (χ0) is 19.6. The molecule has 7 heteroatoms. The van der Waals surface area contributed by atoms with E-state index in [2.05, 4.69) is 20.9 Å². The highest BCUT2D eigenvalue weighted by molar-refractivity contribution is 5.88. The summed E-state index contributed by atoms with van der Waals surface area (Å²) in [6.45, 7) is 4.42. The SMILES string of the molecule is CN=C(NCc1cccc(NC(C)=O)c1)NCC(C)Oc1cccc(F)c1. The molecular formula is C20H25FN4O2. The Bertz CT molecular complexity index is 795. The number of hydrogen-bond acceptors (Lipinski definition) is 3. The summed E-state index contributed by atoms with van der Waals surface area (Å²) in [5, 5.41) is 9.13. The first-order valence-electron chi connectivity index (χ1n) is 8.69. The lowest BCUT2D eigenvalue weighted by atomic mass is 10.2. The highest BCUT2D eigenvalue weighted by atomic mass is 19.1. The lowest BCUT2D eigenvalue weighted by molar-refractivity contribution is -0.114. The van der Waals surface area contributed by atoms with Gasteiger partial charge in [0.05, 0.1) is 6.54 Å². The number of carbonyl (C=O) groups excluding carboxylic acids is 1. The summed E-state index contributed by atoms with van der Waals surface area (Å²) < 4.78 is 18.9. The number of aliphatic imine (C=N–C) groups is 1. The van der Waals surface area contributed by atoms with E-state index in [1.165, 1.54) is 19.1 Å². The smallest absolute Gasteiger partial charge is 0.221 e. The molecular weight excluding hydrogens is 347 g/mol. The predicted molar refractivity (Wildman–Crippen MR) is 105 cm³/mol. The molecule has 2 aromatic carbocycles. The van der Waals surface area contributed by atoms with Gasteiger partial charge in [0.2, 0.25) is 5.91 Å². The van der Waals surface area contributed by atoms with Crippen molar-refractivity contribution in [3.63, 3.8) is 0 Å². The van der Waals surface area contributed by atoms with Gasteiger partial charge in [0, 0.05) is 32.3 Å². The molecule has 0 fully saturated rings. The number of rotatable bonds is 7. The third kappa shape index (κ3) is 7.35. The maximum atomic E-state index is 13.2. The minimum Gasteiger partial charge on any atom is -0.489 e. The largest absolute Gasteiger partial charge is 0.489 e. The molecule has 6 nitrogen and oxygen atoms in total. The van der Waals surface area contributed by atoms with Crippen molar-refractivity contribution in [1.82, 2.24) is 10.6 Å². The molecule has 0 heterocycles. The van der Waals surface area contributed by atoms with Crippen molar-refractivity contribution in [2.75, 3.05) is 18.9 Å². The van der Waals surface area contributed by atoms with Gasteiger partial charge in [-0.25, -0.2) is 4.39 Å². The average Bonchev–Trinajstić information content (AvgIpc) is 2.61. The standard InChI is InChI=1S/C20H25FN4O2/c1-14(27-19-9-5-7-17(21)11-19)12-23-20(22-3)24-13-16-6-4-8-18(10-16)25-15(2)26/h4-11,14H,12-13H2,1-3H3,(H,25,26)(H2,22,23,24). The number of halogens is 1. The van der Waals surface area contributed by atoms with Crippen LogP contribution in [0.25, 0.3) is 0 Å². The molecule has 3 N–H and O–H groups in total. The molecule has 0 saturated heterocycles. The van der Waals surface area contributed by atoms with E-state index in [4.69, 9.17) is 4.74 Å². The van der Waals surface area contributed by atoms with Crippen LogP contribution in [-0.2, 0) is 11.3 Å². The van der Waals surface area contributed by atoms with Crippen molar-refractivity contribution < 1.29 is 13.9 Å². The molecule has 144 valence electrons. The molecule has 0 aliphatic rings. The Morgan fingerprint density at radius 3 is 2.67 bits per heavy atom. The summed E-state index contributed by atoms with van der Waals surface area (Å²) in [5.74, 6) is 0.674. The van der Waals surface area contributed by atoms with E-state index in [1.54, 1.807) is 19.2 Å². The second kappa shape index (κ2) is 10.2. The van der Waals surface area contributed by atoms with Crippen molar-refractivity contribution in [2.24, 2.45) is 4.99 Å². The van der Waals surface area contributed by atoms with E-state index < -0.39 is 0 Å². The second-order valence-corrected chi connectivity index (χ2v) is 6.07. The number of anilines is 1. The first-order valence-corrected chi connectivity index (χ1v) is 8.69. The lowest BCUT2D eigenvalue weighted by Gasteiger charge is -2.18. The van der Waals surface area contributed by atoms with E-state index in [-0.39, 0.29) is 17.8 Å². The Kier molecular flexibility index (Phi) is 7.61. The summed E-state index contributed by atoms with van der Waals surface area (Å²) in [4.78, 5) is 15.3. The topological polar surface area (TPSA) is 74.8 Å². The number of hydrogen-bond donors (Lipinski definition) is 3. The van der Waals surface area contributed by atoms with Gasteiger partial charge in [0.1, 0.15) is 17.7 Å². The molecule has 1 atom stereocenters. The van der Waals surface area contributed by atoms with Crippen LogP contribution in [-0.4, -0.2) is 31.6 Å². The number of nitrogens with one attached hydrogen (secondary N) is 3. The zero-order valence-electron chi connectivity index (χ0n) is 15.8. The minimum atomic E-state index is -0.327. The van der Waals surface area contributed by atoms with Gasteiger partial charge in [-0.2, -0.15) is 0 Å². The molecule has 0 radical (unpaired) electrons. The van der Waals surface area contributed by atoms with E-state index in [0.717, 1.165) is 11.3 Å². The van der Waals surface area contributed by atoms with Crippen molar-refractivity contribution >= 4 is 17.6 Å². The van der Waals surface area contributed by atoms with E-state index in [0.29, 0.717) is 24.8 Å². The van der Waals surface area contributed by atoms with Crippen LogP contribution in [0, 0.1) is 5.82 Å². The quantitative estimate of drug-likeness (QED) is 0.516. The van der Waals surface area contributed by atoms with Crippen molar-refractivity contribution in [2.45, 2.75) is 26.5 Å². The van der Waals surface area contributed by atoms with Gasteiger partial charge in [0.25, 0.3) is 0 Å². The van der Waals surface area contributed by atoms with Gasteiger partial charge < -0.3 is 20.7 Å². The number of guanidine groups is 1. The number of amides is 1. The first-order chi connectivity index (χ1) is 13.0. The molecule has 2 aromatic rings. The number of carbonyl (C=O) groups is 1. The molecule has 0 spiro atoms.